The van der Waals surface area contributed by atoms with Crippen molar-refractivity contribution < 1.29 is 9.18 Å². The van der Waals surface area contributed by atoms with E-state index in [1.54, 1.807) is 11.0 Å². The summed E-state index contributed by atoms with van der Waals surface area (Å²) in [5, 5.41) is 3.32. The van der Waals surface area contributed by atoms with E-state index in [4.69, 9.17) is 11.6 Å². The molecule has 2 rings (SSSR count). The average molecular weight is 299 g/mol. The molecule has 1 aliphatic rings. The van der Waals surface area contributed by atoms with Crippen LogP contribution in [0.1, 0.15) is 30.1 Å². The summed E-state index contributed by atoms with van der Waals surface area (Å²) in [4.78, 5) is 14.1. The van der Waals surface area contributed by atoms with Crippen molar-refractivity contribution in [1.29, 1.82) is 0 Å². The summed E-state index contributed by atoms with van der Waals surface area (Å²) in [5.41, 5.74) is 0.0584. The van der Waals surface area contributed by atoms with E-state index in [2.05, 4.69) is 5.32 Å². The summed E-state index contributed by atoms with van der Waals surface area (Å²) in [6, 6.07) is 4.55. The number of amides is 1. The minimum absolute atomic E-state index is 0.00811. The lowest BCUT2D eigenvalue weighted by molar-refractivity contribution is 0.0724. The van der Waals surface area contributed by atoms with Gasteiger partial charge in [-0.2, -0.15) is 0 Å². The van der Waals surface area contributed by atoms with E-state index in [9.17, 15) is 9.18 Å². The zero-order valence-electron chi connectivity index (χ0n) is 11.7. The molecule has 1 saturated heterocycles. The van der Waals surface area contributed by atoms with Gasteiger partial charge in [0.05, 0.1) is 10.6 Å². The zero-order valence-corrected chi connectivity index (χ0v) is 12.4. The van der Waals surface area contributed by atoms with Gasteiger partial charge in [-0.15, -0.1) is 0 Å². The minimum atomic E-state index is -0.626. The number of nitrogens with one attached hydrogen (secondary N) is 1. The molecule has 0 saturated carbocycles. The summed E-state index contributed by atoms with van der Waals surface area (Å²) in [7, 11) is 0. The molecular formula is C15H20ClFN2O. The third-order valence-corrected chi connectivity index (χ3v) is 4.02. The summed E-state index contributed by atoms with van der Waals surface area (Å²) in [6.45, 7) is 5.10. The van der Waals surface area contributed by atoms with Crippen molar-refractivity contribution in [2.24, 2.45) is 5.92 Å². The molecule has 1 amide bonds. The molecule has 0 aliphatic carbocycles. The standard InChI is InChI=1S/C15H20ClFN2O/c1-2-19(10-11-5-4-8-18-9-11)15(20)12-6-3-7-13(16)14(12)17/h3,6-7,11,18H,2,4-5,8-10H2,1H3. The third-order valence-electron chi connectivity index (χ3n) is 3.73. The average Bonchev–Trinajstić information content (AvgIpc) is 2.48. The maximum atomic E-state index is 13.9. The van der Waals surface area contributed by atoms with Crippen molar-refractivity contribution >= 4 is 17.5 Å². The molecule has 1 aromatic rings. The van der Waals surface area contributed by atoms with E-state index >= 15 is 0 Å². The highest BCUT2D eigenvalue weighted by atomic mass is 35.5. The van der Waals surface area contributed by atoms with Crippen LogP contribution in [0, 0.1) is 11.7 Å². The van der Waals surface area contributed by atoms with Gasteiger partial charge in [0.15, 0.2) is 5.82 Å². The van der Waals surface area contributed by atoms with Crippen LogP contribution in [-0.2, 0) is 0 Å². The number of carbonyl (C=O) groups excluding carboxylic acids is 1. The molecule has 1 atom stereocenters. The third kappa shape index (κ3) is 3.49. The van der Waals surface area contributed by atoms with E-state index in [0.717, 1.165) is 25.9 Å². The van der Waals surface area contributed by atoms with Gasteiger partial charge in [-0.3, -0.25) is 4.79 Å². The van der Waals surface area contributed by atoms with E-state index in [1.165, 1.54) is 12.1 Å². The number of nitrogens with zero attached hydrogens (tertiary/aromatic N) is 1. The van der Waals surface area contributed by atoms with Crippen molar-refractivity contribution in [3.05, 3.63) is 34.6 Å². The van der Waals surface area contributed by atoms with Crippen molar-refractivity contribution in [2.45, 2.75) is 19.8 Å². The lowest BCUT2D eigenvalue weighted by Gasteiger charge is -2.29. The molecule has 1 unspecified atom stereocenters. The number of hydrogen-bond acceptors (Lipinski definition) is 2. The van der Waals surface area contributed by atoms with Gasteiger partial charge in [-0.25, -0.2) is 4.39 Å². The first-order valence-electron chi connectivity index (χ1n) is 7.07. The summed E-state index contributed by atoms with van der Waals surface area (Å²) in [5.74, 6) is -0.465. The maximum Gasteiger partial charge on any atom is 0.256 e. The second-order valence-electron chi connectivity index (χ2n) is 5.16. The van der Waals surface area contributed by atoms with Crippen LogP contribution in [0.2, 0.25) is 5.02 Å². The van der Waals surface area contributed by atoms with Crippen LogP contribution < -0.4 is 5.32 Å². The predicted molar refractivity (Wildman–Crippen MR) is 78.6 cm³/mol. The molecule has 1 aromatic carbocycles. The second kappa shape index (κ2) is 7.04. The Morgan fingerprint density at radius 1 is 1.55 bits per heavy atom. The first-order valence-corrected chi connectivity index (χ1v) is 7.45. The largest absolute Gasteiger partial charge is 0.339 e. The van der Waals surface area contributed by atoms with Gasteiger partial charge in [-0.05, 0) is 50.9 Å². The van der Waals surface area contributed by atoms with Crippen molar-refractivity contribution in [3.63, 3.8) is 0 Å². The molecule has 1 heterocycles. The molecule has 110 valence electrons. The van der Waals surface area contributed by atoms with Crippen LogP contribution >= 0.6 is 11.6 Å². The van der Waals surface area contributed by atoms with Crippen molar-refractivity contribution in [1.82, 2.24) is 10.2 Å². The monoisotopic (exact) mass is 298 g/mol. The highest BCUT2D eigenvalue weighted by molar-refractivity contribution is 6.31. The van der Waals surface area contributed by atoms with Gasteiger partial charge in [0, 0.05) is 13.1 Å². The number of carbonyl (C=O) groups is 1. The molecule has 0 spiro atoms. The fourth-order valence-electron chi connectivity index (χ4n) is 2.59. The molecular weight excluding hydrogens is 279 g/mol. The fraction of sp³-hybridized carbons (Fsp3) is 0.533. The first-order chi connectivity index (χ1) is 9.63. The molecule has 3 nitrogen and oxygen atoms in total. The molecule has 5 heteroatoms. The molecule has 0 aromatic heterocycles. The number of halogens is 2. The van der Waals surface area contributed by atoms with Crippen LogP contribution in [0.4, 0.5) is 4.39 Å². The maximum absolute atomic E-state index is 13.9. The van der Waals surface area contributed by atoms with Gasteiger partial charge >= 0.3 is 0 Å². The Hall–Kier alpha value is -1.13. The van der Waals surface area contributed by atoms with Gasteiger partial charge in [0.1, 0.15) is 0 Å². The normalized spacial score (nSPS) is 18.9. The Labute approximate surface area is 124 Å². The summed E-state index contributed by atoms with van der Waals surface area (Å²) < 4.78 is 13.9. The number of rotatable bonds is 4. The van der Waals surface area contributed by atoms with Crippen molar-refractivity contribution in [2.75, 3.05) is 26.2 Å². The SMILES string of the molecule is CCN(CC1CCCNC1)C(=O)c1cccc(Cl)c1F. The van der Waals surface area contributed by atoms with Gasteiger partial charge in [0.25, 0.3) is 5.91 Å². The summed E-state index contributed by atoms with van der Waals surface area (Å²) in [6.07, 6.45) is 2.23. The molecule has 0 radical (unpaired) electrons. The van der Waals surface area contributed by atoms with Crippen LogP contribution in [0.25, 0.3) is 0 Å². The molecule has 1 aliphatic heterocycles. The fourth-order valence-corrected chi connectivity index (χ4v) is 2.76. The Kier molecular flexibility index (Phi) is 5.38. The van der Waals surface area contributed by atoms with Crippen LogP contribution in [-0.4, -0.2) is 37.0 Å². The smallest absolute Gasteiger partial charge is 0.256 e. The lowest BCUT2D eigenvalue weighted by Crippen LogP contribution is -2.41. The second-order valence-corrected chi connectivity index (χ2v) is 5.56. The predicted octanol–water partition coefficient (Wildman–Crippen LogP) is 2.94. The van der Waals surface area contributed by atoms with Gasteiger partial charge < -0.3 is 10.2 Å². The summed E-state index contributed by atoms with van der Waals surface area (Å²) >= 11 is 5.74. The minimum Gasteiger partial charge on any atom is -0.339 e. The lowest BCUT2D eigenvalue weighted by atomic mass is 9.98. The van der Waals surface area contributed by atoms with E-state index in [-0.39, 0.29) is 16.5 Å². The Morgan fingerprint density at radius 3 is 3.00 bits per heavy atom. The van der Waals surface area contributed by atoms with Gasteiger partial charge in [-0.1, -0.05) is 17.7 Å². The van der Waals surface area contributed by atoms with E-state index in [0.29, 0.717) is 19.0 Å². The Bertz CT molecular complexity index is 475. The number of benzene rings is 1. The molecule has 0 bridgehead atoms. The number of hydrogen-bond donors (Lipinski definition) is 1. The first kappa shape index (κ1) is 15.3. The Morgan fingerprint density at radius 2 is 2.35 bits per heavy atom. The van der Waals surface area contributed by atoms with Crippen LogP contribution in [0.15, 0.2) is 18.2 Å². The van der Waals surface area contributed by atoms with E-state index in [1.807, 2.05) is 6.92 Å². The van der Waals surface area contributed by atoms with Crippen LogP contribution in [0.5, 0.6) is 0 Å². The zero-order chi connectivity index (χ0) is 14.5. The molecule has 1 fully saturated rings. The Balaban J connectivity index is 2.10. The van der Waals surface area contributed by atoms with E-state index < -0.39 is 5.82 Å². The van der Waals surface area contributed by atoms with Crippen molar-refractivity contribution in [3.8, 4) is 0 Å². The molecule has 20 heavy (non-hydrogen) atoms. The topological polar surface area (TPSA) is 32.3 Å². The highest BCUT2D eigenvalue weighted by Crippen LogP contribution is 2.20. The molecule has 1 N–H and O–H groups in total. The number of piperidine rings is 1. The van der Waals surface area contributed by atoms with Gasteiger partial charge in [0.2, 0.25) is 0 Å². The highest BCUT2D eigenvalue weighted by Gasteiger charge is 2.23. The quantitative estimate of drug-likeness (QED) is 0.927. The van der Waals surface area contributed by atoms with Crippen LogP contribution in [0.3, 0.4) is 0 Å².